The van der Waals surface area contributed by atoms with Crippen molar-refractivity contribution in [1.82, 2.24) is 4.31 Å². The summed E-state index contributed by atoms with van der Waals surface area (Å²) in [5, 5.41) is 2.76. The average Bonchev–Trinajstić information content (AvgIpc) is 2.39. The molecule has 20 heavy (non-hydrogen) atoms. The third-order valence-electron chi connectivity index (χ3n) is 2.60. The highest BCUT2D eigenvalue weighted by Gasteiger charge is 2.22. The summed E-state index contributed by atoms with van der Waals surface area (Å²) in [6.45, 7) is 1.86. The quantitative estimate of drug-likeness (QED) is 0.795. The number of rotatable bonds is 5. The Morgan fingerprint density at radius 3 is 2.55 bits per heavy atom. The Kier molecular flexibility index (Phi) is 6.00. The molecular weight excluding hydrogens is 368 g/mol. The summed E-state index contributed by atoms with van der Waals surface area (Å²) < 4.78 is 25.3. The number of carbonyl (C=O) groups excluding carboxylic acids is 1. The van der Waals surface area contributed by atoms with E-state index in [0.29, 0.717) is 12.1 Å². The van der Waals surface area contributed by atoms with Crippen LogP contribution in [0.3, 0.4) is 0 Å². The van der Waals surface area contributed by atoms with Gasteiger partial charge in [0.25, 0.3) is 0 Å². The summed E-state index contributed by atoms with van der Waals surface area (Å²) in [6.07, 6.45) is 0.627. The second kappa shape index (κ2) is 6.89. The maximum atomic E-state index is 12.1. The minimum atomic E-state index is -3.65. The Labute approximate surface area is 132 Å². The van der Waals surface area contributed by atoms with Crippen LogP contribution in [0.5, 0.6) is 0 Å². The van der Waals surface area contributed by atoms with E-state index in [2.05, 4.69) is 21.2 Å². The Hall–Kier alpha value is -0.630. The topological polar surface area (TPSA) is 66.5 Å². The molecule has 0 saturated heterocycles. The molecular formula is C12H16BrClN2O3S. The normalized spacial score (nSPS) is 13.3. The van der Waals surface area contributed by atoms with E-state index >= 15 is 0 Å². The molecule has 112 valence electrons. The van der Waals surface area contributed by atoms with Crippen LogP contribution in [-0.4, -0.2) is 37.6 Å². The monoisotopic (exact) mass is 382 g/mol. The summed E-state index contributed by atoms with van der Waals surface area (Å²) in [7, 11) is -0.815. The zero-order chi connectivity index (χ0) is 15.5. The highest BCUT2D eigenvalue weighted by molar-refractivity contribution is 9.10. The van der Waals surface area contributed by atoms with Gasteiger partial charge in [0.05, 0.1) is 9.85 Å². The number of carbonyl (C=O) groups is 1. The van der Waals surface area contributed by atoms with E-state index in [4.69, 9.17) is 11.6 Å². The number of nitrogens with one attached hydrogen (secondary N) is 1. The number of sulfonamides is 1. The lowest BCUT2D eigenvalue weighted by molar-refractivity contribution is -0.115. The van der Waals surface area contributed by atoms with E-state index in [1.54, 1.807) is 6.07 Å². The van der Waals surface area contributed by atoms with Crippen molar-refractivity contribution in [2.24, 2.45) is 0 Å². The van der Waals surface area contributed by atoms with Crippen LogP contribution in [0.1, 0.15) is 13.3 Å². The van der Waals surface area contributed by atoms with Crippen molar-refractivity contribution < 1.29 is 13.2 Å². The molecule has 1 atom stereocenters. The fourth-order valence-electron chi connectivity index (χ4n) is 1.38. The van der Waals surface area contributed by atoms with Gasteiger partial charge >= 0.3 is 0 Å². The summed E-state index contributed by atoms with van der Waals surface area (Å²) in [6, 6.07) is 4.36. The number of nitrogens with zero attached hydrogens (tertiary/aromatic N) is 1. The molecule has 1 unspecified atom stereocenters. The highest BCUT2D eigenvalue weighted by atomic mass is 79.9. The SMILES string of the molecule is CCC(Br)C(=O)Nc1ccc(Cl)c(S(=O)(=O)N(C)C)c1. The maximum Gasteiger partial charge on any atom is 0.244 e. The molecule has 0 spiro atoms. The molecule has 0 aromatic heterocycles. The van der Waals surface area contributed by atoms with E-state index in [1.165, 1.54) is 26.2 Å². The summed E-state index contributed by atoms with van der Waals surface area (Å²) in [4.78, 5) is 11.4. The van der Waals surface area contributed by atoms with Gasteiger partial charge in [-0.3, -0.25) is 4.79 Å². The number of amides is 1. The molecule has 0 bridgehead atoms. The molecule has 0 radical (unpaired) electrons. The zero-order valence-electron chi connectivity index (χ0n) is 11.4. The number of benzene rings is 1. The van der Waals surface area contributed by atoms with Gasteiger partial charge in [-0.05, 0) is 24.6 Å². The van der Waals surface area contributed by atoms with Gasteiger partial charge in [-0.1, -0.05) is 34.5 Å². The molecule has 0 aliphatic carbocycles. The van der Waals surface area contributed by atoms with Crippen LogP contribution in [0, 0.1) is 0 Å². The van der Waals surface area contributed by atoms with E-state index < -0.39 is 10.0 Å². The lowest BCUT2D eigenvalue weighted by atomic mass is 10.3. The zero-order valence-corrected chi connectivity index (χ0v) is 14.5. The van der Waals surface area contributed by atoms with Gasteiger partial charge in [0.2, 0.25) is 15.9 Å². The third kappa shape index (κ3) is 3.94. The number of hydrogen-bond donors (Lipinski definition) is 1. The third-order valence-corrected chi connectivity index (χ3v) is 5.96. The van der Waals surface area contributed by atoms with Crippen LogP contribution in [-0.2, 0) is 14.8 Å². The van der Waals surface area contributed by atoms with E-state index in [1.807, 2.05) is 6.92 Å². The molecule has 1 N–H and O–H groups in total. The maximum absolute atomic E-state index is 12.1. The second-order valence-corrected chi connectivity index (χ2v) is 7.93. The molecule has 0 heterocycles. The fraction of sp³-hybridized carbons (Fsp3) is 0.417. The number of alkyl halides is 1. The molecule has 0 aliphatic heterocycles. The van der Waals surface area contributed by atoms with Crippen molar-refractivity contribution in [2.45, 2.75) is 23.1 Å². The molecule has 1 aromatic carbocycles. The Morgan fingerprint density at radius 1 is 1.45 bits per heavy atom. The van der Waals surface area contributed by atoms with E-state index in [0.717, 1.165) is 4.31 Å². The minimum absolute atomic E-state index is 0.0374. The molecule has 5 nitrogen and oxygen atoms in total. The predicted molar refractivity (Wildman–Crippen MR) is 84.0 cm³/mol. The number of hydrogen-bond acceptors (Lipinski definition) is 3. The van der Waals surface area contributed by atoms with E-state index in [9.17, 15) is 13.2 Å². The minimum Gasteiger partial charge on any atom is -0.325 e. The van der Waals surface area contributed by atoms with E-state index in [-0.39, 0.29) is 20.7 Å². The first-order valence-corrected chi connectivity index (χ1v) is 8.60. The van der Waals surface area contributed by atoms with Crippen molar-refractivity contribution in [3.8, 4) is 0 Å². The Bertz CT molecular complexity index is 605. The smallest absolute Gasteiger partial charge is 0.244 e. The molecule has 1 rings (SSSR count). The molecule has 8 heteroatoms. The Morgan fingerprint density at radius 2 is 2.05 bits per heavy atom. The van der Waals surface area contributed by atoms with Crippen LogP contribution in [0.2, 0.25) is 5.02 Å². The first-order valence-electron chi connectivity index (χ1n) is 5.87. The molecule has 0 aliphatic rings. The van der Waals surface area contributed by atoms with Gasteiger partial charge < -0.3 is 5.32 Å². The van der Waals surface area contributed by atoms with Crippen LogP contribution >= 0.6 is 27.5 Å². The molecule has 0 fully saturated rings. The van der Waals surface area contributed by atoms with Crippen molar-refractivity contribution >= 4 is 49.1 Å². The first-order chi connectivity index (χ1) is 9.20. The van der Waals surface area contributed by atoms with Crippen molar-refractivity contribution in [2.75, 3.05) is 19.4 Å². The molecule has 1 aromatic rings. The molecule has 1 amide bonds. The Balaban J connectivity index is 3.13. The van der Waals surface area contributed by atoms with Gasteiger partial charge in [-0.25, -0.2) is 12.7 Å². The van der Waals surface area contributed by atoms with Crippen molar-refractivity contribution in [3.05, 3.63) is 23.2 Å². The fourth-order valence-corrected chi connectivity index (χ4v) is 2.89. The van der Waals surface area contributed by atoms with Crippen molar-refractivity contribution in [1.29, 1.82) is 0 Å². The number of anilines is 1. The lowest BCUT2D eigenvalue weighted by Crippen LogP contribution is -2.24. The van der Waals surface area contributed by atoms with Gasteiger partial charge in [-0.15, -0.1) is 0 Å². The van der Waals surface area contributed by atoms with Gasteiger partial charge in [0, 0.05) is 19.8 Å². The van der Waals surface area contributed by atoms with Crippen LogP contribution in [0.15, 0.2) is 23.1 Å². The van der Waals surface area contributed by atoms with Gasteiger partial charge in [0.15, 0.2) is 0 Å². The largest absolute Gasteiger partial charge is 0.325 e. The molecule has 0 saturated carbocycles. The van der Waals surface area contributed by atoms with Gasteiger partial charge in [0.1, 0.15) is 4.90 Å². The van der Waals surface area contributed by atoms with Crippen LogP contribution < -0.4 is 5.32 Å². The number of halogens is 2. The highest BCUT2D eigenvalue weighted by Crippen LogP contribution is 2.27. The summed E-state index contributed by atoms with van der Waals surface area (Å²) >= 11 is 9.15. The van der Waals surface area contributed by atoms with Crippen LogP contribution in [0.4, 0.5) is 5.69 Å². The predicted octanol–water partition coefficient (Wildman–Crippen LogP) is 2.70. The standard InChI is InChI=1S/C12H16BrClN2O3S/c1-4-9(13)12(17)15-8-5-6-10(14)11(7-8)20(18,19)16(2)3/h5-7,9H,4H2,1-3H3,(H,15,17). The van der Waals surface area contributed by atoms with Gasteiger partial charge in [-0.2, -0.15) is 0 Å². The summed E-state index contributed by atoms with van der Waals surface area (Å²) in [5.74, 6) is -0.233. The van der Waals surface area contributed by atoms with Crippen molar-refractivity contribution in [3.63, 3.8) is 0 Å². The summed E-state index contributed by atoms with van der Waals surface area (Å²) in [5.41, 5.74) is 0.387. The lowest BCUT2D eigenvalue weighted by Gasteiger charge is -2.15. The average molecular weight is 384 g/mol. The van der Waals surface area contributed by atoms with Crippen LogP contribution in [0.25, 0.3) is 0 Å². The first kappa shape index (κ1) is 17.4. The second-order valence-electron chi connectivity index (χ2n) is 4.30.